The molecule has 2 saturated heterocycles. The smallest absolute Gasteiger partial charge is 0.445 e. The molecule has 0 bridgehead atoms. The highest BCUT2D eigenvalue weighted by molar-refractivity contribution is 5.97. The van der Waals surface area contributed by atoms with Crippen molar-refractivity contribution in [3.63, 3.8) is 0 Å². The molecular weight excluding hydrogens is 505 g/mol. The zero-order chi connectivity index (χ0) is 26.7. The molecule has 38 heavy (non-hydrogen) atoms. The van der Waals surface area contributed by atoms with Crippen LogP contribution in [0.25, 0.3) is 11.0 Å². The number of hydrogen-bond donors (Lipinski definition) is 1. The standard InChI is InChI=1S/C25H27F3N6O4/c26-25(27,28)38-20-4-1-17(2-5-20)16-37-24(36)34-13-11-32(12-14-34)19-7-9-33(10-8-19)23(35)18-3-6-21-22(15-18)30-31-29-21/h1-6,15,19H,7-14,16H2,(H,29,30,31). The first-order valence-electron chi connectivity index (χ1n) is 12.4. The van der Waals surface area contributed by atoms with Gasteiger partial charge >= 0.3 is 12.5 Å². The lowest BCUT2D eigenvalue weighted by Crippen LogP contribution is -2.54. The molecule has 202 valence electrons. The SMILES string of the molecule is O=C(OCc1ccc(OC(F)(F)F)cc1)N1CCN(C2CCN(C(=O)c3ccc4n[nH]nc4c3)CC2)CC1. The van der Waals surface area contributed by atoms with Gasteiger partial charge in [0.1, 0.15) is 23.4 Å². The van der Waals surface area contributed by atoms with Crippen molar-refractivity contribution in [2.24, 2.45) is 0 Å². The lowest BCUT2D eigenvalue weighted by molar-refractivity contribution is -0.274. The maximum Gasteiger partial charge on any atom is 0.573 e. The van der Waals surface area contributed by atoms with Gasteiger partial charge in [0.15, 0.2) is 0 Å². The Morgan fingerprint density at radius 3 is 2.26 bits per heavy atom. The van der Waals surface area contributed by atoms with Gasteiger partial charge in [-0.15, -0.1) is 13.2 Å². The third-order valence-electron chi connectivity index (χ3n) is 6.92. The van der Waals surface area contributed by atoms with E-state index in [-0.39, 0.29) is 18.3 Å². The molecule has 10 nitrogen and oxygen atoms in total. The second-order valence-electron chi connectivity index (χ2n) is 9.32. The summed E-state index contributed by atoms with van der Waals surface area (Å²) in [6.07, 6.45) is -3.49. The fourth-order valence-electron chi connectivity index (χ4n) is 4.88. The number of carbonyl (C=O) groups excluding carboxylic acids is 2. The van der Waals surface area contributed by atoms with Crippen molar-refractivity contribution in [1.29, 1.82) is 0 Å². The number of carbonyl (C=O) groups is 2. The van der Waals surface area contributed by atoms with Crippen LogP contribution in [0.3, 0.4) is 0 Å². The highest BCUT2D eigenvalue weighted by Gasteiger charge is 2.32. The number of nitrogens with one attached hydrogen (secondary N) is 1. The first kappa shape index (κ1) is 25.8. The highest BCUT2D eigenvalue weighted by atomic mass is 19.4. The Morgan fingerprint density at radius 2 is 1.58 bits per heavy atom. The minimum atomic E-state index is -4.75. The largest absolute Gasteiger partial charge is 0.573 e. The Kier molecular flexibility index (Phi) is 7.36. The number of rotatable bonds is 5. The maximum absolute atomic E-state index is 12.9. The molecule has 5 rings (SSSR count). The lowest BCUT2D eigenvalue weighted by Gasteiger charge is -2.42. The molecule has 2 amide bonds. The quantitative estimate of drug-likeness (QED) is 0.537. The van der Waals surface area contributed by atoms with Crippen molar-refractivity contribution in [3.8, 4) is 5.75 Å². The van der Waals surface area contributed by atoms with Crippen molar-refractivity contribution in [3.05, 3.63) is 53.6 Å². The van der Waals surface area contributed by atoms with Crippen LogP contribution < -0.4 is 4.74 Å². The average Bonchev–Trinajstić information content (AvgIpc) is 3.39. The number of hydrogen-bond acceptors (Lipinski definition) is 7. The Labute approximate surface area is 216 Å². The van der Waals surface area contributed by atoms with Crippen molar-refractivity contribution in [1.82, 2.24) is 30.1 Å². The monoisotopic (exact) mass is 532 g/mol. The second kappa shape index (κ2) is 10.9. The number of amides is 2. The van der Waals surface area contributed by atoms with E-state index < -0.39 is 12.5 Å². The van der Waals surface area contributed by atoms with Crippen LogP contribution in [0.1, 0.15) is 28.8 Å². The average molecular weight is 533 g/mol. The summed E-state index contributed by atoms with van der Waals surface area (Å²) in [6.45, 7) is 3.74. The van der Waals surface area contributed by atoms with Gasteiger partial charge < -0.3 is 19.3 Å². The number of aromatic nitrogens is 3. The number of piperazine rings is 1. The van der Waals surface area contributed by atoms with Gasteiger partial charge in [-0.2, -0.15) is 15.4 Å². The summed E-state index contributed by atoms with van der Waals surface area (Å²) >= 11 is 0. The molecule has 0 aliphatic carbocycles. The minimum absolute atomic E-state index is 0.0107. The first-order chi connectivity index (χ1) is 18.2. The molecule has 0 radical (unpaired) electrons. The van der Waals surface area contributed by atoms with Crippen molar-refractivity contribution in [2.75, 3.05) is 39.3 Å². The molecule has 0 unspecified atom stereocenters. The summed E-state index contributed by atoms with van der Waals surface area (Å²) in [5.74, 6) is -0.338. The molecule has 0 saturated carbocycles. The zero-order valence-electron chi connectivity index (χ0n) is 20.5. The van der Waals surface area contributed by atoms with Gasteiger partial charge in [-0.3, -0.25) is 9.69 Å². The van der Waals surface area contributed by atoms with E-state index in [2.05, 4.69) is 25.0 Å². The Hall–Kier alpha value is -3.87. The number of halogens is 3. The summed E-state index contributed by atoms with van der Waals surface area (Å²) < 4.78 is 46.0. The Bertz CT molecular complexity index is 1270. The van der Waals surface area contributed by atoms with Crippen LogP contribution in [0.5, 0.6) is 5.75 Å². The van der Waals surface area contributed by atoms with Gasteiger partial charge in [-0.25, -0.2) is 4.79 Å². The van der Waals surface area contributed by atoms with E-state index in [9.17, 15) is 22.8 Å². The number of nitrogens with zero attached hydrogens (tertiary/aromatic N) is 5. The molecule has 0 spiro atoms. The molecule has 13 heteroatoms. The van der Waals surface area contributed by atoms with E-state index in [4.69, 9.17) is 4.74 Å². The van der Waals surface area contributed by atoms with Gasteiger partial charge in [0, 0.05) is 50.9 Å². The number of H-pyrrole nitrogens is 1. The predicted molar refractivity (Wildman–Crippen MR) is 129 cm³/mol. The van der Waals surface area contributed by atoms with Gasteiger partial charge in [-0.05, 0) is 48.7 Å². The number of aromatic amines is 1. The van der Waals surface area contributed by atoms with Gasteiger partial charge in [0.05, 0.1) is 0 Å². The molecule has 2 aromatic carbocycles. The van der Waals surface area contributed by atoms with Crippen LogP contribution in [0.2, 0.25) is 0 Å². The topological polar surface area (TPSA) is 104 Å². The normalized spacial score (nSPS) is 17.6. The summed E-state index contributed by atoms with van der Waals surface area (Å²) in [6, 6.07) is 10.9. The van der Waals surface area contributed by atoms with Crippen molar-refractivity contribution in [2.45, 2.75) is 31.9 Å². The van der Waals surface area contributed by atoms with E-state index in [1.807, 2.05) is 4.90 Å². The van der Waals surface area contributed by atoms with Crippen LogP contribution in [0.15, 0.2) is 42.5 Å². The first-order valence-corrected chi connectivity index (χ1v) is 12.4. The molecule has 1 N–H and O–H groups in total. The molecule has 2 fully saturated rings. The van der Waals surface area contributed by atoms with E-state index in [1.165, 1.54) is 24.3 Å². The molecule has 1 aromatic heterocycles. The van der Waals surface area contributed by atoms with Crippen LogP contribution in [0.4, 0.5) is 18.0 Å². The summed E-state index contributed by atoms with van der Waals surface area (Å²) in [5.41, 5.74) is 2.55. The molecule has 0 atom stereocenters. The van der Waals surface area contributed by atoms with Gasteiger partial charge in [-0.1, -0.05) is 12.1 Å². The lowest BCUT2D eigenvalue weighted by atomic mass is 10.0. The van der Waals surface area contributed by atoms with Gasteiger partial charge in [0.25, 0.3) is 5.91 Å². The molecular formula is C25H27F3N6O4. The maximum atomic E-state index is 12.9. The number of likely N-dealkylation sites (tertiary alicyclic amines) is 1. The molecule has 2 aliphatic rings. The number of piperidine rings is 1. The van der Waals surface area contributed by atoms with Crippen LogP contribution in [-0.4, -0.2) is 93.8 Å². The fraction of sp³-hybridized carbons (Fsp3) is 0.440. The third kappa shape index (κ3) is 6.15. The van der Waals surface area contributed by atoms with Crippen molar-refractivity contribution >= 4 is 23.0 Å². The van der Waals surface area contributed by atoms with E-state index in [0.717, 1.165) is 18.4 Å². The summed E-state index contributed by atoms with van der Waals surface area (Å²) in [5, 5.41) is 10.6. The highest BCUT2D eigenvalue weighted by Crippen LogP contribution is 2.24. The molecule has 3 aromatic rings. The van der Waals surface area contributed by atoms with E-state index in [1.54, 1.807) is 23.1 Å². The Morgan fingerprint density at radius 1 is 0.895 bits per heavy atom. The number of ether oxygens (including phenoxy) is 2. The zero-order valence-corrected chi connectivity index (χ0v) is 20.5. The summed E-state index contributed by atoms with van der Waals surface area (Å²) in [7, 11) is 0. The Balaban J connectivity index is 1.04. The molecule has 2 aliphatic heterocycles. The van der Waals surface area contributed by atoms with Crippen LogP contribution in [0, 0.1) is 0 Å². The predicted octanol–water partition coefficient (Wildman–Crippen LogP) is 3.42. The van der Waals surface area contributed by atoms with Crippen LogP contribution >= 0.6 is 0 Å². The van der Waals surface area contributed by atoms with E-state index in [0.29, 0.717) is 62.0 Å². The fourth-order valence-corrected chi connectivity index (χ4v) is 4.88. The number of fused-ring (bicyclic) bond motifs is 1. The third-order valence-corrected chi connectivity index (χ3v) is 6.92. The van der Waals surface area contributed by atoms with Crippen molar-refractivity contribution < 1.29 is 32.2 Å². The minimum Gasteiger partial charge on any atom is -0.445 e. The number of benzene rings is 2. The number of alkyl halides is 3. The van der Waals surface area contributed by atoms with Gasteiger partial charge in [0.2, 0.25) is 0 Å². The molecule has 3 heterocycles. The second-order valence-corrected chi connectivity index (χ2v) is 9.32. The van der Waals surface area contributed by atoms with E-state index >= 15 is 0 Å². The van der Waals surface area contributed by atoms with Crippen LogP contribution in [-0.2, 0) is 11.3 Å². The summed E-state index contributed by atoms with van der Waals surface area (Å²) in [4.78, 5) is 31.3.